The van der Waals surface area contributed by atoms with Crippen molar-refractivity contribution < 1.29 is 36.5 Å². The Morgan fingerprint density at radius 2 is 1.47 bits per heavy atom. The summed E-state index contributed by atoms with van der Waals surface area (Å²) in [6.07, 6.45) is 6.00. The monoisotopic (exact) mass is 546 g/mol. The topological polar surface area (TPSA) is 38.7 Å². The largest absolute Gasteiger partial charge is 0.371 e. The lowest BCUT2D eigenvalue weighted by atomic mass is 9.71. The Morgan fingerprint density at radius 1 is 0.868 bits per heavy atom. The molecule has 0 radical (unpaired) electrons. The standard InChI is InChI=1S/C30H43F5O3/c1-19-2-6-22(7-3-19)24(17-37-18-36)14-20-4-10-25(11-5-20)30(34,35)38-26-12-8-21(9-13-26)23-15-27(31)29(33)28(32)16-23/h15-16,19-22,24-26,36H,2-14,17-18H2,1H3. The maximum absolute atomic E-state index is 15.1. The zero-order chi connectivity index (χ0) is 27.3. The van der Waals surface area contributed by atoms with Crippen LogP contribution in [0.2, 0.25) is 0 Å². The maximum atomic E-state index is 15.1. The lowest BCUT2D eigenvalue weighted by Crippen LogP contribution is -2.39. The number of rotatable bonds is 10. The first-order chi connectivity index (χ1) is 18.2. The number of aliphatic hydroxyl groups is 1. The van der Waals surface area contributed by atoms with Crippen LogP contribution in [0.3, 0.4) is 0 Å². The number of hydrogen-bond acceptors (Lipinski definition) is 3. The molecule has 1 N–H and O–H groups in total. The van der Waals surface area contributed by atoms with Crippen LogP contribution in [0.1, 0.15) is 102 Å². The summed E-state index contributed by atoms with van der Waals surface area (Å²) in [6.45, 7) is 2.54. The summed E-state index contributed by atoms with van der Waals surface area (Å²) >= 11 is 0. The van der Waals surface area contributed by atoms with Gasteiger partial charge >= 0.3 is 6.11 Å². The van der Waals surface area contributed by atoms with Crippen molar-refractivity contribution >= 4 is 0 Å². The summed E-state index contributed by atoms with van der Waals surface area (Å²) in [5.41, 5.74) is 0.371. The number of halogens is 5. The third-order valence-electron chi connectivity index (χ3n) is 9.58. The first kappa shape index (κ1) is 29.7. The first-order valence-electron chi connectivity index (χ1n) is 14.5. The number of aliphatic hydroxyl groups excluding tert-OH is 1. The second-order valence-corrected chi connectivity index (χ2v) is 12.2. The SMILES string of the molecule is CC1CCC(C(COCO)CC2CCC(C(F)(F)OC3CCC(c4cc(F)c(F)c(F)c4)CC3)CC2)CC1. The Bertz CT molecular complexity index is 850. The Kier molecular flexibility index (Phi) is 10.5. The summed E-state index contributed by atoms with van der Waals surface area (Å²) in [6, 6.07) is 2.01. The third kappa shape index (κ3) is 7.69. The van der Waals surface area contributed by atoms with E-state index in [4.69, 9.17) is 14.6 Å². The number of ether oxygens (including phenoxy) is 2. The van der Waals surface area contributed by atoms with E-state index in [0.29, 0.717) is 68.4 Å². The summed E-state index contributed by atoms with van der Waals surface area (Å²) < 4.78 is 81.5. The summed E-state index contributed by atoms with van der Waals surface area (Å²) in [5.74, 6) is -2.84. The molecular weight excluding hydrogens is 503 g/mol. The summed E-state index contributed by atoms with van der Waals surface area (Å²) in [4.78, 5) is 0. The molecule has 0 bridgehead atoms. The van der Waals surface area contributed by atoms with Crippen LogP contribution in [0.5, 0.6) is 0 Å². The number of alkyl halides is 2. The molecule has 3 fully saturated rings. The number of benzene rings is 1. The van der Waals surface area contributed by atoms with Gasteiger partial charge in [-0.05, 0) is 118 Å². The van der Waals surface area contributed by atoms with E-state index in [9.17, 15) is 13.2 Å². The highest BCUT2D eigenvalue weighted by Gasteiger charge is 2.45. The van der Waals surface area contributed by atoms with Gasteiger partial charge in [0.1, 0.15) is 6.79 Å². The van der Waals surface area contributed by atoms with Gasteiger partial charge < -0.3 is 14.6 Å². The average Bonchev–Trinajstić information content (AvgIpc) is 2.90. The van der Waals surface area contributed by atoms with Crippen LogP contribution < -0.4 is 0 Å². The highest BCUT2D eigenvalue weighted by molar-refractivity contribution is 5.23. The Balaban J connectivity index is 1.23. The van der Waals surface area contributed by atoms with Crippen molar-refractivity contribution in [2.24, 2.45) is 29.6 Å². The number of hydrogen-bond donors (Lipinski definition) is 1. The molecule has 0 saturated heterocycles. The molecule has 0 spiro atoms. The molecule has 3 nitrogen and oxygen atoms in total. The molecule has 3 aliphatic rings. The second kappa shape index (κ2) is 13.4. The lowest BCUT2D eigenvalue weighted by molar-refractivity contribution is -0.301. The lowest BCUT2D eigenvalue weighted by Gasteiger charge is -2.39. The molecule has 0 aliphatic heterocycles. The first-order valence-corrected chi connectivity index (χ1v) is 14.5. The molecule has 1 aromatic carbocycles. The molecule has 38 heavy (non-hydrogen) atoms. The van der Waals surface area contributed by atoms with Gasteiger partial charge in [-0.2, -0.15) is 8.78 Å². The van der Waals surface area contributed by atoms with E-state index in [1.54, 1.807) is 0 Å². The second-order valence-electron chi connectivity index (χ2n) is 12.2. The van der Waals surface area contributed by atoms with Gasteiger partial charge in [0.25, 0.3) is 0 Å². The van der Waals surface area contributed by atoms with Crippen molar-refractivity contribution in [3.63, 3.8) is 0 Å². The molecule has 1 unspecified atom stereocenters. The van der Waals surface area contributed by atoms with Crippen molar-refractivity contribution in [1.29, 1.82) is 0 Å². The molecule has 4 rings (SSSR count). The van der Waals surface area contributed by atoms with Gasteiger partial charge in [-0.3, -0.25) is 0 Å². The van der Waals surface area contributed by atoms with Crippen molar-refractivity contribution in [3.8, 4) is 0 Å². The third-order valence-corrected chi connectivity index (χ3v) is 9.58. The van der Waals surface area contributed by atoms with E-state index >= 15 is 8.78 Å². The quantitative estimate of drug-likeness (QED) is 0.182. The predicted molar refractivity (Wildman–Crippen MR) is 135 cm³/mol. The fourth-order valence-electron chi connectivity index (χ4n) is 7.16. The molecule has 216 valence electrons. The van der Waals surface area contributed by atoms with Crippen molar-refractivity contribution in [1.82, 2.24) is 0 Å². The van der Waals surface area contributed by atoms with Crippen molar-refractivity contribution in [3.05, 3.63) is 35.1 Å². The van der Waals surface area contributed by atoms with Crippen LogP contribution >= 0.6 is 0 Å². The minimum atomic E-state index is -3.20. The van der Waals surface area contributed by atoms with Crippen LogP contribution in [0.4, 0.5) is 22.0 Å². The van der Waals surface area contributed by atoms with Gasteiger partial charge in [-0.1, -0.05) is 19.8 Å². The van der Waals surface area contributed by atoms with Gasteiger partial charge in [-0.15, -0.1) is 0 Å². The van der Waals surface area contributed by atoms with Crippen LogP contribution in [0.15, 0.2) is 12.1 Å². The molecule has 1 atom stereocenters. The van der Waals surface area contributed by atoms with Crippen LogP contribution in [-0.4, -0.2) is 30.7 Å². The smallest absolute Gasteiger partial charge is 0.358 e. The van der Waals surface area contributed by atoms with Crippen LogP contribution in [-0.2, 0) is 9.47 Å². The van der Waals surface area contributed by atoms with E-state index in [2.05, 4.69) is 6.92 Å². The van der Waals surface area contributed by atoms with Gasteiger partial charge in [0.05, 0.1) is 18.6 Å². The summed E-state index contributed by atoms with van der Waals surface area (Å²) in [7, 11) is 0. The fraction of sp³-hybridized carbons (Fsp3) is 0.800. The molecule has 8 heteroatoms. The normalized spacial score (nSPS) is 31.8. The average molecular weight is 547 g/mol. The molecule has 0 amide bonds. The fourth-order valence-corrected chi connectivity index (χ4v) is 7.16. The van der Waals surface area contributed by atoms with Gasteiger partial charge in [-0.25, -0.2) is 13.2 Å². The molecule has 3 aliphatic carbocycles. The Labute approximate surface area is 223 Å². The van der Waals surface area contributed by atoms with Gasteiger partial charge in [0.2, 0.25) is 0 Å². The zero-order valence-electron chi connectivity index (χ0n) is 22.5. The van der Waals surface area contributed by atoms with E-state index < -0.39 is 35.6 Å². The van der Waals surface area contributed by atoms with E-state index in [1.807, 2.05) is 0 Å². The highest BCUT2D eigenvalue weighted by Crippen LogP contribution is 2.45. The van der Waals surface area contributed by atoms with Gasteiger partial charge in [0.15, 0.2) is 17.5 Å². The Morgan fingerprint density at radius 3 is 2.05 bits per heavy atom. The minimum absolute atomic E-state index is 0.196. The highest BCUT2D eigenvalue weighted by atomic mass is 19.3. The molecule has 1 aromatic rings. The Hall–Kier alpha value is -1.25. The van der Waals surface area contributed by atoms with Crippen molar-refractivity contribution in [2.75, 3.05) is 13.4 Å². The predicted octanol–water partition coefficient (Wildman–Crippen LogP) is 8.34. The van der Waals surface area contributed by atoms with E-state index in [1.165, 1.54) is 25.7 Å². The molecule has 0 aromatic heterocycles. The van der Waals surface area contributed by atoms with Gasteiger partial charge in [0, 0.05) is 0 Å². The maximum Gasteiger partial charge on any atom is 0.358 e. The molecule has 0 heterocycles. The van der Waals surface area contributed by atoms with E-state index in [0.717, 1.165) is 37.3 Å². The van der Waals surface area contributed by atoms with Crippen LogP contribution in [0, 0.1) is 47.0 Å². The van der Waals surface area contributed by atoms with E-state index in [-0.39, 0.29) is 12.7 Å². The van der Waals surface area contributed by atoms with Crippen molar-refractivity contribution in [2.45, 2.75) is 109 Å². The molecule has 3 saturated carbocycles. The zero-order valence-corrected chi connectivity index (χ0v) is 22.5. The summed E-state index contributed by atoms with van der Waals surface area (Å²) in [5, 5.41) is 9.16. The molecular formula is C30H43F5O3. The van der Waals surface area contributed by atoms with Crippen LogP contribution in [0.25, 0.3) is 0 Å². The minimum Gasteiger partial charge on any atom is -0.371 e.